The molecule has 7 nitrogen and oxygen atoms in total. The van der Waals surface area contributed by atoms with Gasteiger partial charge in [-0.05, 0) is 42.7 Å². The smallest absolute Gasteiger partial charge is 0.319 e. The molecule has 0 fully saturated rings. The fourth-order valence-corrected chi connectivity index (χ4v) is 3.65. The number of hydrogen-bond acceptors (Lipinski definition) is 4. The molecule has 0 bridgehead atoms. The van der Waals surface area contributed by atoms with Gasteiger partial charge < -0.3 is 20.5 Å². The lowest BCUT2D eigenvalue weighted by Gasteiger charge is -2.28. The van der Waals surface area contributed by atoms with Crippen LogP contribution in [0.3, 0.4) is 0 Å². The maximum absolute atomic E-state index is 13.8. The first-order valence-electron chi connectivity index (χ1n) is 9.41. The predicted molar refractivity (Wildman–Crippen MR) is 112 cm³/mol. The SMILES string of the molecule is Cc1c(-c2ncnc3[nH]c(C4=CCN(C(=O)N(C)C)CC4)cc23)ccc(F)c1N. The Balaban J connectivity index is 1.71. The first-order chi connectivity index (χ1) is 13.9. The number of nitrogens with zero attached hydrogens (tertiary/aromatic N) is 4. The average molecular weight is 394 g/mol. The number of anilines is 1. The Bertz CT molecular complexity index is 1130. The highest BCUT2D eigenvalue weighted by Gasteiger charge is 2.21. The number of rotatable bonds is 2. The summed E-state index contributed by atoms with van der Waals surface area (Å²) in [5, 5.41) is 0.851. The van der Waals surface area contributed by atoms with Gasteiger partial charge in [0.2, 0.25) is 0 Å². The number of carbonyl (C=O) groups excluding carboxylic acids is 1. The molecule has 1 aliphatic heterocycles. The van der Waals surface area contributed by atoms with Gasteiger partial charge in [0, 0.05) is 43.8 Å². The van der Waals surface area contributed by atoms with Gasteiger partial charge in [-0.1, -0.05) is 6.08 Å². The van der Waals surface area contributed by atoms with E-state index in [2.05, 4.69) is 21.0 Å². The number of aromatic nitrogens is 3. The molecule has 0 spiro atoms. The molecule has 0 unspecified atom stereocenters. The van der Waals surface area contributed by atoms with Crippen LogP contribution in [0.4, 0.5) is 14.9 Å². The van der Waals surface area contributed by atoms with Crippen molar-refractivity contribution >= 4 is 28.3 Å². The molecule has 0 aliphatic carbocycles. The number of nitrogens with one attached hydrogen (secondary N) is 1. The average Bonchev–Trinajstić information content (AvgIpc) is 3.16. The summed E-state index contributed by atoms with van der Waals surface area (Å²) in [7, 11) is 3.51. The number of urea groups is 1. The van der Waals surface area contributed by atoms with Crippen molar-refractivity contribution in [3.63, 3.8) is 0 Å². The summed E-state index contributed by atoms with van der Waals surface area (Å²) in [5.74, 6) is -0.435. The predicted octanol–water partition coefficient (Wildman–Crippen LogP) is 3.43. The number of aromatic amines is 1. The van der Waals surface area contributed by atoms with Crippen molar-refractivity contribution in [2.75, 3.05) is 32.9 Å². The third-order valence-corrected chi connectivity index (χ3v) is 5.35. The highest BCUT2D eigenvalue weighted by Crippen LogP contribution is 2.33. The normalized spacial score (nSPS) is 14.2. The highest BCUT2D eigenvalue weighted by molar-refractivity contribution is 5.94. The summed E-state index contributed by atoms with van der Waals surface area (Å²) in [6.45, 7) is 3.01. The number of amides is 2. The van der Waals surface area contributed by atoms with Crippen molar-refractivity contribution in [1.82, 2.24) is 24.8 Å². The summed E-state index contributed by atoms with van der Waals surface area (Å²) in [5.41, 5.74) is 10.9. The van der Waals surface area contributed by atoms with Gasteiger partial charge in [-0.15, -0.1) is 0 Å². The van der Waals surface area contributed by atoms with E-state index in [0.29, 0.717) is 30.0 Å². The quantitative estimate of drug-likeness (QED) is 0.652. The molecule has 2 aromatic heterocycles. The van der Waals surface area contributed by atoms with Gasteiger partial charge in [0.05, 0.1) is 11.4 Å². The Kier molecular flexibility index (Phi) is 4.70. The van der Waals surface area contributed by atoms with Gasteiger partial charge in [-0.25, -0.2) is 19.2 Å². The molecule has 0 saturated carbocycles. The van der Waals surface area contributed by atoms with Crippen molar-refractivity contribution in [2.45, 2.75) is 13.3 Å². The van der Waals surface area contributed by atoms with Gasteiger partial charge in [0.15, 0.2) is 0 Å². The van der Waals surface area contributed by atoms with Crippen LogP contribution in [-0.2, 0) is 0 Å². The number of nitrogens with two attached hydrogens (primary N) is 1. The fourth-order valence-electron chi connectivity index (χ4n) is 3.65. The van der Waals surface area contributed by atoms with E-state index in [1.807, 2.05) is 11.0 Å². The lowest BCUT2D eigenvalue weighted by Crippen LogP contribution is -2.41. The zero-order valence-electron chi connectivity index (χ0n) is 16.7. The number of H-pyrrole nitrogens is 1. The molecule has 3 N–H and O–H groups in total. The maximum atomic E-state index is 13.8. The van der Waals surface area contributed by atoms with Gasteiger partial charge in [0.1, 0.15) is 17.8 Å². The molecule has 1 aromatic carbocycles. The Hall–Kier alpha value is -3.42. The first kappa shape index (κ1) is 18.9. The summed E-state index contributed by atoms with van der Waals surface area (Å²) < 4.78 is 13.8. The zero-order chi connectivity index (χ0) is 20.7. The lowest BCUT2D eigenvalue weighted by atomic mass is 10.0. The topological polar surface area (TPSA) is 91.1 Å². The molecule has 3 aromatic rings. The van der Waals surface area contributed by atoms with Crippen LogP contribution in [0.5, 0.6) is 0 Å². The molecular formula is C21H23FN6O. The van der Waals surface area contributed by atoms with Gasteiger partial charge in [-0.2, -0.15) is 0 Å². The van der Waals surface area contributed by atoms with Gasteiger partial charge >= 0.3 is 6.03 Å². The first-order valence-corrected chi connectivity index (χ1v) is 9.41. The van der Waals surface area contributed by atoms with E-state index in [4.69, 9.17) is 5.73 Å². The monoisotopic (exact) mass is 394 g/mol. The van der Waals surface area contributed by atoms with Crippen LogP contribution in [0.2, 0.25) is 0 Å². The summed E-state index contributed by atoms with van der Waals surface area (Å²) in [4.78, 5) is 27.7. The molecule has 29 heavy (non-hydrogen) atoms. The molecule has 0 atom stereocenters. The second-order valence-corrected chi connectivity index (χ2v) is 7.40. The van der Waals surface area contributed by atoms with Crippen LogP contribution in [0, 0.1) is 12.7 Å². The molecule has 1 aliphatic rings. The second-order valence-electron chi connectivity index (χ2n) is 7.40. The number of halogens is 1. The van der Waals surface area contributed by atoms with Crippen molar-refractivity contribution in [1.29, 1.82) is 0 Å². The Morgan fingerprint density at radius 2 is 2.10 bits per heavy atom. The summed E-state index contributed by atoms with van der Waals surface area (Å²) >= 11 is 0. The Morgan fingerprint density at radius 1 is 1.31 bits per heavy atom. The van der Waals surface area contributed by atoms with Crippen molar-refractivity contribution in [3.05, 3.63) is 47.7 Å². The van der Waals surface area contributed by atoms with Crippen LogP contribution in [0.1, 0.15) is 17.7 Å². The highest BCUT2D eigenvalue weighted by atomic mass is 19.1. The minimum Gasteiger partial charge on any atom is -0.396 e. The van der Waals surface area contributed by atoms with E-state index in [-0.39, 0.29) is 11.7 Å². The molecule has 3 heterocycles. The van der Waals surface area contributed by atoms with Gasteiger partial charge in [0.25, 0.3) is 0 Å². The fraction of sp³-hybridized carbons (Fsp3) is 0.286. The Labute approximate surface area is 168 Å². The molecule has 2 amide bonds. The van der Waals surface area contributed by atoms with Crippen LogP contribution >= 0.6 is 0 Å². The number of hydrogen-bond donors (Lipinski definition) is 2. The Morgan fingerprint density at radius 3 is 2.79 bits per heavy atom. The third-order valence-electron chi connectivity index (χ3n) is 5.35. The van der Waals surface area contributed by atoms with E-state index in [1.54, 1.807) is 32.0 Å². The van der Waals surface area contributed by atoms with E-state index >= 15 is 0 Å². The van der Waals surface area contributed by atoms with Crippen molar-refractivity contribution < 1.29 is 9.18 Å². The number of nitrogen functional groups attached to an aromatic ring is 1. The number of benzene rings is 1. The number of fused-ring (bicyclic) bond motifs is 1. The van der Waals surface area contributed by atoms with E-state index < -0.39 is 5.82 Å². The molecular weight excluding hydrogens is 371 g/mol. The molecule has 8 heteroatoms. The molecule has 0 saturated heterocycles. The van der Waals surface area contributed by atoms with Crippen molar-refractivity contribution in [3.8, 4) is 11.3 Å². The third kappa shape index (κ3) is 3.30. The summed E-state index contributed by atoms with van der Waals surface area (Å²) in [6.07, 6.45) is 4.30. The van der Waals surface area contributed by atoms with Gasteiger partial charge in [-0.3, -0.25) is 0 Å². The summed E-state index contributed by atoms with van der Waals surface area (Å²) in [6, 6.07) is 5.08. The molecule has 150 valence electrons. The van der Waals surface area contributed by atoms with E-state index in [1.165, 1.54) is 12.4 Å². The maximum Gasteiger partial charge on any atom is 0.319 e. The van der Waals surface area contributed by atoms with E-state index in [9.17, 15) is 9.18 Å². The van der Waals surface area contributed by atoms with Crippen LogP contribution < -0.4 is 5.73 Å². The lowest BCUT2D eigenvalue weighted by molar-refractivity contribution is 0.176. The largest absolute Gasteiger partial charge is 0.396 e. The standard InChI is InChI=1S/C21H23FN6O/c1-12-14(4-5-16(22)18(12)23)19-15-10-17(26-20(15)25-11-24-19)13-6-8-28(9-7-13)21(29)27(2)3/h4-6,10-11H,7-9,23H2,1-3H3,(H,24,25,26). The van der Waals surface area contributed by atoms with Crippen molar-refractivity contribution in [2.24, 2.45) is 0 Å². The molecule has 0 radical (unpaired) electrons. The second kappa shape index (κ2) is 7.20. The van der Waals surface area contributed by atoms with Crippen LogP contribution in [-0.4, -0.2) is 58.0 Å². The minimum absolute atomic E-state index is 0.00877. The number of carbonyl (C=O) groups is 1. The zero-order valence-corrected chi connectivity index (χ0v) is 16.7. The minimum atomic E-state index is -0.435. The van der Waals surface area contributed by atoms with E-state index in [0.717, 1.165) is 28.6 Å². The van der Waals surface area contributed by atoms with Crippen LogP contribution in [0.15, 0.2) is 30.6 Å². The van der Waals surface area contributed by atoms with Crippen LogP contribution in [0.25, 0.3) is 27.9 Å². The molecule has 4 rings (SSSR count).